The maximum Gasteiger partial charge on any atom is 0.409 e. The van der Waals surface area contributed by atoms with Gasteiger partial charge in [0.15, 0.2) is 0 Å². The van der Waals surface area contributed by atoms with E-state index >= 15 is 4.39 Å². The van der Waals surface area contributed by atoms with Gasteiger partial charge in [0.2, 0.25) is 0 Å². The molecule has 2 atom stereocenters. The quantitative estimate of drug-likeness (QED) is 0.316. The van der Waals surface area contributed by atoms with Crippen molar-refractivity contribution in [3.8, 4) is 11.3 Å². The van der Waals surface area contributed by atoms with Gasteiger partial charge in [-0.25, -0.2) is 9.18 Å². The number of hydrogen-bond donors (Lipinski definition) is 1. The molecular weight excluding hydrogens is 555 g/mol. The second-order valence-corrected chi connectivity index (χ2v) is 12.7. The number of nitrogens with one attached hydrogen (secondary N) is 1. The summed E-state index contributed by atoms with van der Waals surface area (Å²) in [5.41, 5.74) is 2.13. The highest BCUT2D eigenvalue weighted by Crippen LogP contribution is 2.45. The Hall–Kier alpha value is -3.91. The van der Waals surface area contributed by atoms with Crippen molar-refractivity contribution in [1.29, 1.82) is 0 Å². The van der Waals surface area contributed by atoms with Crippen LogP contribution in [0.4, 0.5) is 9.18 Å². The highest BCUT2D eigenvalue weighted by molar-refractivity contribution is 6.33. The molecule has 3 aromatic rings. The summed E-state index contributed by atoms with van der Waals surface area (Å²) >= 11 is 6.64. The summed E-state index contributed by atoms with van der Waals surface area (Å²) in [5, 5.41) is 3.76. The average molecular weight is 593 g/mol. The van der Waals surface area contributed by atoms with Gasteiger partial charge in [0.25, 0.3) is 5.91 Å². The lowest BCUT2D eigenvalue weighted by Gasteiger charge is -2.35. The predicted octanol–water partition coefficient (Wildman–Crippen LogP) is 7.13. The van der Waals surface area contributed by atoms with Gasteiger partial charge in [0.1, 0.15) is 23.8 Å². The van der Waals surface area contributed by atoms with Crippen LogP contribution in [0, 0.1) is 25.1 Å². The number of aryl methyl sites for hydroxylation is 2. The molecule has 0 unspecified atom stereocenters. The first-order chi connectivity index (χ1) is 19.6. The van der Waals surface area contributed by atoms with Gasteiger partial charge < -0.3 is 15.0 Å². The first-order valence-electron chi connectivity index (χ1n) is 13.8. The third-order valence-corrected chi connectivity index (χ3v) is 7.62. The number of amides is 2. The van der Waals surface area contributed by atoms with E-state index in [0.29, 0.717) is 21.8 Å². The summed E-state index contributed by atoms with van der Waals surface area (Å²) in [5.74, 6) is -0.591. The van der Waals surface area contributed by atoms with Crippen molar-refractivity contribution in [2.45, 2.75) is 52.6 Å². The fourth-order valence-corrected chi connectivity index (χ4v) is 5.68. The molecule has 1 aliphatic heterocycles. The van der Waals surface area contributed by atoms with Crippen LogP contribution in [0.3, 0.4) is 0 Å². The zero-order valence-corrected chi connectivity index (χ0v) is 26.0. The maximum absolute atomic E-state index is 15.6. The highest BCUT2D eigenvalue weighted by Gasteiger charge is 2.54. The van der Waals surface area contributed by atoms with Gasteiger partial charge >= 0.3 is 6.09 Å². The van der Waals surface area contributed by atoms with Gasteiger partial charge in [0, 0.05) is 36.4 Å². The first-order valence-corrected chi connectivity index (χ1v) is 14.2. The minimum Gasteiger partial charge on any atom is -0.447 e. The number of hydrogen-bond acceptors (Lipinski definition) is 5. The largest absolute Gasteiger partial charge is 0.447 e. The topological polar surface area (TPSA) is 74.8 Å². The molecule has 0 bridgehead atoms. The number of pyridine rings is 1. The SMILES string of the molecule is C=C1N[C@](CC(C)(C)C)(c2ccc(C)cc2F)C(=O)N1[C@H](COC(=O)N(C)C)c1ccc(Cl)c(-c2ncccc2C)c1. The van der Waals surface area contributed by atoms with Crippen LogP contribution in [0.1, 0.15) is 55.5 Å². The minimum absolute atomic E-state index is 0.173. The summed E-state index contributed by atoms with van der Waals surface area (Å²) in [6.07, 6.45) is 1.41. The van der Waals surface area contributed by atoms with E-state index in [1.54, 1.807) is 51.5 Å². The maximum atomic E-state index is 15.6. The van der Waals surface area contributed by atoms with Crippen LogP contribution in [-0.2, 0) is 15.1 Å². The van der Waals surface area contributed by atoms with Crippen molar-refractivity contribution in [3.05, 3.63) is 100 Å². The van der Waals surface area contributed by atoms with Crippen molar-refractivity contribution < 1.29 is 18.7 Å². The van der Waals surface area contributed by atoms with Crippen LogP contribution in [-0.4, -0.2) is 47.5 Å². The van der Waals surface area contributed by atoms with Gasteiger partial charge in [-0.3, -0.25) is 14.7 Å². The summed E-state index contributed by atoms with van der Waals surface area (Å²) in [7, 11) is 3.16. The molecule has 1 aromatic heterocycles. The summed E-state index contributed by atoms with van der Waals surface area (Å²) in [6.45, 7) is 13.7. The van der Waals surface area contributed by atoms with E-state index in [4.69, 9.17) is 16.3 Å². The van der Waals surface area contributed by atoms with E-state index in [1.807, 2.05) is 45.9 Å². The van der Waals surface area contributed by atoms with Crippen molar-refractivity contribution >= 4 is 23.6 Å². The number of carbonyl (C=O) groups excluding carboxylic acids is 2. The van der Waals surface area contributed by atoms with Crippen molar-refractivity contribution in [2.24, 2.45) is 5.41 Å². The lowest BCUT2D eigenvalue weighted by molar-refractivity contribution is -0.136. The third-order valence-electron chi connectivity index (χ3n) is 7.29. The zero-order valence-electron chi connectivity index (χ0n) is 25.2. The smallest absolute Gasteiger partial charge is 0.409 e. The van der Waals surface area contributed by atoms with Crippen LogP contribution < -0.4 is 5.32 Å². The van der Waals surface area contributed by atoms with Gasteiger partial charge in [-0.1, -0.05) is 63.2 Å². The van der Waals surface area contributed by atoms with Gasteiger partial charge in [-0.2, -0.15) is 0 Å². The van der Waals surface area contributed by atoms with E-state index < -0.39 is 23.5 Å². The van der Waals surface area contributed by atoms with E-state index in [9.17, 15) is 9.59 Å². The molecule has 1 saturated heterocycles. The summed E-state index contributed by atoms with van der Waals surface area (Å²) in [4.78, 5) is 34.5. The molecule has 0 radical (unpaired) electrons. The zero-order chi connectivity index (χ0) is 31.0. The Bertz CT molecular complexity index is 1530. The van der Waals surface area contributed by atoms with Gasteiger partial charge in [-0.05, 0) is 66.6 Å². The van der Waals surface area contributed by atoms with Crippen LogP contribution in [0.2, 0.25) is 5.02 Å². The average Bonchev–Trinajstić information content (AvgIpc) is 3.13. The Morgan fingerprint density at radius 3 is 2.52 bits per heavy atom. The van der Waals surface area contributed by atoms with Crippen LogP contribution in [0.5, 0.6) is 0 Å². The minimum atomic E-state index is -1.43. The number of halogens is 2. The molecule has 0 spiro atoms. The Morgan fingerprint density at radius 1 is 1.19 bits per heavy atom. The second-order valence-electron chi connectivity index (χ2n) is 12.3. The molecule has 1 fully saturated rings. The molecule has 1 aliphatic rings. The molecule has 4 rings (SSSR count). The number of benzene rings is 2. The van der Waals surface area contributed by atoms with E-state index in [-0.39, 0.29) is 35.7 Å². The fourth-order valence-electron chi connectivity index (χ4n) is 5.48. The van der Waals surface area contributed by atoms with Crippen LogP contribution in [0.25, 0.3) is 11.3 Å². The van der Waals surface area contributed by atoms with E-state index in [2.05, 4.69) is 16.9 Å². The molecule has 9 heteroatoms. The number of ether oxygens (including phenoxy) is 1. The highest BCUT2D eigenvalue weighted by atomic mass is 35.5. The number of rotatable bonds is 7. The standard InChI is InChI=1S/C33H38ClFN4O3/c1-20-11-13-25(27(35)16-20)33(19-32(4,5)6)30(40)39(22(3)37-33)28(18-42-31(41)38(7)8)23-12-14-26(34)24(17-23)29-21(2)10-9-15-36-29/h9-17,28,37H,3,18-19H2,1-2,4-8H3/t28-,33-/m1/s1. The normalized spacial score (nSPS) is 17.7. The summed E-state index contributed by atoms with van der Waals surface area (Å²) < 4.78 is 21.2. The molecular formula is C33H38ClFN4O3. The molecule has 7 nitrogen and oxygen atoms in total. The Labute approximate surface area is 252 Å². The fraction of sp³-hybridized carbons (Fsp3) is 0.364. The van der Waals surface area contributed by atoms with Crippen molar-refractivity contribution in [3.63, 3.8) is 0 Å². The molecule has 1 N–H and O–H groups in total. The monoisotopic (exact) mass is 592 g/mol. The predicted molar refractivity (Wildman–Crippen MR) is 163 cm³/mol. The van der Waals surface area contributed by atoms with E-state index in [0.717, 1.165) is 11.1 Å². The first kappa shape index (κ1) is 31.0. The van der Waals surface area contributed by atoms with E-state index in [1.165, 1.54) is 15.9 Å². The molecule has 0 aliphatic carbocycles. The Balaban J connectivity index is 1.87. The molecule has 2 heterocycles. The number of carbonyl (C=O) groups is 2. The Morgan fingerprint density at radius 2 is 1.90 bits per heavy atom. The molecule has 2 amide bonds. The van der Waals surface area contributed by atoms with Gasteiger partial charge in [-0.15, -0.1) is 0 Å². The molecule has 2 aromatic carbocycles. The lowest BCUT2D eigenvalue weighted by atomic mass is 9.75. The summed E-state index contributed by atoms with van der Waals surface area (Å²) in [6, 6.07) is 13.2. The molecule has 42 heavy (non-hydrogen) atoms. The van der Waals surface area contributed by atoms with Crippen molar-refractivity contribution in [1.82, 2.24) is 20.1 Å². The number of nitrogens with zero attached hydrogens (tertiary/aromatic N) is 3. The van der Waals surface area contributed by atoms with Crippen molar-refractivity contribution in [2.75, 3.05) is 20.7 Å². The Kier molecular flexibility index (Phi) is 8.69. The van der Waals surface area contributed by atoms with Gasteiger partial charge in [0.05, 0.1) is 11.7 Å². The third kappa shape index (κ3) is 6.14. The molecule has 0 saturated carbocycles. The van der Waals surface area contributed by atoms with Crippen LogP contribution in [0.15, 0.2) is 67.1 Å². The van der Waals surface area contributed by atoms with Crippen LogP contribution >= 0.6 is 11.6 Å². The second kappa shape index (κ2) is 11.8. The number of aromatic nitrogens is 1. The lowest BCUT2D eigenvalue weighted by Crippen LogP contribution is -2.47. The molecule has 222 valence electrons.